The Morgan fingerprint density at radius 2 is 2.00 bits per heavy atom. The van der Waals surface area contributed by atoms with Crippen molar-refractivity contribution in [3.05, 3.63) is 11.6 Å². The van der Waals surface area contributed by atoms with Crippen molar-refractivity contribution >= 4 is 5.97 Å². The first kappa shape index (κ1) is 9.18. The highest BCUT2D eigenvalue weighted by Crippen LogP contribution is 2.19. The van der Waals surface area contributed by atoms with Gasteiger partial charge in [0.05, 0.1) is 6.10 Å². The van der Waals surface area contributed by atoms with Gasteiger partial charge in [-0.05, 0) is 6.08 Å². The summed E-state index contributed by atoms with van der Waals surface area (Å²) in [6, 6.07) is 0. The summed E-state index contributed by atoms with van der Waals surface area (Å²) in [5.74, 6) is -1.18. The minimum atomic E-state index is -1.29. The highest BCUT2D eigenvalue weighted by atomic mass is 16.4. The molecule has 1 rings (SSSR count). The molecule has 0 saturated carbocycles. The van der Waals surface area contributed by atoms with Crippen molar-refractivity contribution in [1.82, 2.24) is 0 Å². The van der Waals surface area contributed by atoms with Crippen LogP contribution in [0.25, 0.3) is 0 Å². The van der Waals surface area contributed by atoms with E-state index in [2.05, 4.69) is 0 Å². The van der Waals surface area contributed by atoms with Crippen LogP contribution in [0, 0.1) is 0 Å². The normalized spacial score (nSPS) is 35.9. The number of aliphatic hydroxyl groups excluding tert-OH is 3. The Morgan fingerprint density at radius 3 is 2.42 bits per heavy atom. The van der Waals surface area contributed by atoms with Gasteiger partial charge < -0.3 is 20.4 Å². The van der Waals surface area contributed by atoms with Gasteiger partial charge in [-0.1, -0.05) is 0 Å². The van der Waals surface area contributed by atoms with Crippen LogP contribution in [0.5, 0.6) is 0 Å². The van der Waals surface area contributed by atoms with Gasteiger partial charge in [-0.25, -0.2) is 4.79 Å². The highest BCUT2D eigenvalue weighted by molar-refractivity contribution is 5.87. The van der Waals surface area contributed by atoms with Gasteiger partial charge in [0.25, 0.3) is 0 Å². The standard InChI is InChI=1S/C7H10O5/c8-4-1-3(7(11)12)2-5(9)6(4)10/h1,4-6,8-10H,2H2,(H,11,12)/t4?,5-,6-/m1/s1. The summed E-state index contributed by atoms with van der Waals surface area (Å²) >= 11 is 0. The highest BCUT2D eigenvalue weighted by Gasteiger charge is 2.31. The molecule has 3 atom stereocenters. The largest absolute Gasteiger partial charge is 0.478 e. The van der Waals surface area contributed by atoms with Crippen LogP contribution in [-0.2, 0) is 4.79 Å². The van der Waals surface area contributed by atoms with Crippen molar-refractivity contribution in [3.63, 3.8) is 0 Å². The Bertz CT molecular complexity index is 222. The Morgan fingerprint density at radius 1 is 1.42 bits per heavy atom. The first-order valence-electron chi connectivity index (χ1n) is 3.50. The fourth-order valence-corrected chi connectivity index (χ4v) is 1.11. The summed E-state index contributed by atoms with van der Waals surface area (Å²) in [5.41, 5.74) is -0.0692. The van der Waals surface area contributed by atoms with Gasteiger partial charge in [-0.3, -0.25) is 0 Å². The Kier molecular flexibility index (Phi) is 2.46. The summed E-state index contributed by atoms with van der Waals surface area (Å²) in [4.78, 5) is 10.4. The van der Waals surface area contributed by atoms with Crippen LogP contribution in [0.1, 0.15) is 6.42 Å². The van der Waals surface area contributed by atoms with E-state index in [4.69, 9.17) is 20.4 Å². The van der Waals surface area contributed by atoms with Crippen molar-refractivity contribution in [2.24, 2.45) is 0 Å². The molecule has 12 heavy (non-hydrogen) atoms. The van der Waals surface area contributed by atoms with Gasteiger partial charge in [-0.2, -0.15) is 0 Å². The van der Waals surface area contributed by atoms with E-state index >= 15 is 0 Å². The molecule has 0 bridgehead atoms. The SMILES string of the molecule is O=C(O)C1=CC(O)[C@@H](O)[C@H](O)C1. The monoisotopic (exact) mass is 174 g/mol. The summed E-state index contributed by atoms with van der Waals surface area (Å²) in [7, 11) is 0. The molecule has 0 heterocycles. The molecule has 0 spiro atoms. The molecule has 0 saturated heterocycles. The lowest BCUT2D eigenvalue weighted by molar-refractivity contribution is -0.134. The third-order valence-corrected chi connectivity index (χ3v) is 1.82. The second-order valence-corrected chi connectivity index (χ2v) is 2.75. The number of rotatable bonds is 1. The zero-order valence-corrected chi connectivity index (χ0v) is 6.21. The second kappa shape index (κ2) is 3.22. The third-order valence-electron chi connectivity index (χ3n) is 1.82. The van der Waals surface area contributed by atoms with Crippen LogP contribution in [0.2, 0.25) is 0 Å². The predicted molar refractivity (Wildman–Crippen MR) is 38.4 cm³/mol. The minimum absolute atomic E-state index is 0.0692. The molecular weight excluding hydrogens is 164 g/mol. The van der Waals surface area contributed by atoms with Gasteiger partial charge >= 0.3 is 5.97 Å². The van der Waals surface area contributed by atoms with Gasteiger partial charge in [0.15, 0.2) is 0 Å². The number of aliphatic hydroxyl groups is 3. The molecule has 1 aliphatic carbocycles. The van der Waals surface area contributed by atoms with Gasteiger partial charge in [0, 0.05) is 12.0 Å². The van der Waals surface area contributed by atoms with Crippen LogP contribution in [0.4, 0.5) is 0 Å². The molecule has 4 N–H and O–H groups in total. The molecule has 0 fully saturated rings. The Labute approximate surface area is 68.6 Å². The predicted octanol–water partition coefficient (Wildman–Crippen LogP) is -1.52. The lowest BCUT2D eigenvalue weighted by atomic mass is 9.92. The maximum Gasteiger partial charge on any atom is 0.331 e. The van der Waals surface area contributed by atoms with Crippen molar-refractivity contribution < 1.29 is 25.2 Å². The van der Waals surface area contributed by atoms with Crippen LogP contribution in [-0.4, -0.2) is 44.7 Å². The Balaban J connectivity index is 2.81. The van der Waals surface area contributed by atoms with E-state index in [9.17, 15) is 4.79 Å². The molecule has 0 aliphatic heterocycles. The zero-order valence-electron chi connectivity index (χ0n) is 6.21. The molecule has 5 nitrogen and oxygen atoms in total. The first-order valence-corrected chi connectivity index (χ1v) is 3.50. The number of carboxylic acid groups (broad SMARTS) is 1. The molecule has 1 unspecified atom stereocenters. The van der Waals surface area contributed by atoms with Crippen molar-refractivity contribution in [2.45, 2.75) is 24.7 Å². The lowest BCUT2D eigenvalue weighted by Gasteiger charge is -2.25. The summed E-state index contributed by atoms with van der Waals surface area (Å²) in [6.45, 7) is 0. The molecule has 0 aromatic rings. The zero-order chi connectivity index (χ0) is 9.30. The van der Waals surface area contributed by atoms with E-state index in [1.165, 1.54) is 0 Å². The van der Waals surface area contributed by atoms with Crippen LogP contribution >= 0.6 is 0 Å². The third kappa shape index (κ3) is 1.63. The second-order valence-electron chi connectivity index (χ2n) is 2.75. The van der Waals surface area contributed by atoms with E-state index in [-0.39, 0.29) is 12.0 Å². The fourth-order valence-electron chi connectivity index (χ4n) is 1.11. The van der Waals surface area contributed by atoms with Crippen molar-refractivity contribution in [1.29, 1.82) is 0 Å². The van der Waals surface area contributed by atoms with Crippen molar-refractivity contribution in [2.75, 3.05) is 0 Å². The van der Waals surface area contributed by atoms with Crippen molar-refractivity contribution in [3.8, 4) is 0 Å². The maximum atomic E-state index is 10.4. The smallest absolute Gasteiger partial charge is 0.331 e. The molecule has 1 aliphatic rings. The maximum absolute atomic E-state index is 10.4. The average Bonchev–Trinajstić information content (AvgIpc) is 1.99. The summed E-state index contributed by atoms with van der Waals surface area (Å²) in [6.07, 6.45) is -2.86. The summed E-state index contributed by atoms with van der Waals surface area (Å²) < 4.78 is 0. The van der Waals surface area contributed by atoms with Crippen LogP contribution in [0.15, 0.2) is 11.6 Å². The quantitative estimate of drug-likeness (QED) is 0.387. The molecule has 0 aromatic heterocycles. The lowest BCUT2D eigenvalue weighted by Crippen LogP contribution is -2.40. The molecular formula is C7H10O5. The van der Waals surface area contributed by atoms with Gasteiger partial charge in [0.1, 0.15) is 12.2 Å². The van der Waals surface area contributed by atoms with Gasteiger partial charge in [-0.15, -0.1) is 0 Å². The van der Waals surface area contributed by atoms with E-state index in [1.54, 1.807) is 0 Å². The average molecular weight is 174 g/mol. The molecule has 5 heteroatoms. The topological polar surface area (TPSA) is 98.0 Å². The molecule has 0 aromatic carbocycles. The molecule has 0 radical (unpaired) electrons. The van der Waals surface area contributed by atoms with Crippen LogP contribution in [0.3, 0.4) is 0 Å². The van der Waals surface area contributed by atoms with E-state index in [1.807, 2.05) is 0 Å². The van der Waals surface area contributed by atoms with Gasteiger partial charge in [0.2, 0.25) is 0 Å². The van der Waals surface area contributed by atoms with Crippen LogP contribution < -0.4 is 0 Å². The molecule has 0 amide bonds. The number of hydrogen-bond donors (Lipinski definition) is 4. The number of aliphatic carboxylic acids is 1. The number of hydrogen-bond acceptors (Lipinski definition) is 4. The number of carbonyl (C=O) groups is 1. The molecule has 68 valence electrons. The Hall–Kier alpha value is -0.910. The number of carboxylic acids is 1. The fraction of sp³-hybridized carbons (Fsp3) is 0.571. The first-order chi connectivity index (χ1) is 5.52. The minimum Gasteiger partial charge on any atom is -0.478 e. The van der Waals surface area contributed by atoms with E-state index in [0.29, 0.717) is 0 Å². The summed E-state index contributed by atoms with van der Waals surface area (Å²) in [5, 5.41) is 35.6. The van der Waals surface area contributed by atoms with E-state index < -0.39 is 24.3 Å². The van der Waals surface area contributed by atoms with E-state index in [0.717, 1.165) is 6.08 Å².